The van der Waals surface area contributed by atoms with Crippen LogP contribution in [0.25, 0.3) is 0 Å². The summed E-state index contributed by atoms with van der Waals surface area (Å²) in [4.78, 5) is 4.85. The molecule has 0 radical (unpaired) electrons. The molecule has 0 fully saturated rings. The van der Waals surface area contributed by atoms with E-state index in [0.717, 1.165) is 6.42 Å². The van der Waals surface area contributed by atoms with Crippen LogP contribution in [0.15, 0.2) is 40.1 Å². The van der Waals surface area contributed by atoms with E-state index in [4.69, 9.17) is 4.99 Å². The van der Waals surface area contributed by atoms with E-state index < -0.39 is 0 Å². The summed E-state index contributed by atoms with van der Waals surface area (Å²) in [5.74, 6) is 0. The van der Waals surface area contributed by atoms with E-state index in [2.05, 4.69) is 22.8 Å². The predicted octanol–water partition coefficient (Wildman–Crippen LogP) is 2.23. The van der Waals surface area contributed by atoms with E-state index in [1.165, 1.54) is 60.6 Å². The van der Waals surface area contributed by atoms with Gasteiger partial charge in [0.1, 0.15) is 18.8 Å². The first-order valence-corrected chi connectivity index (χ1v) is 6.24. The van der Waals surface area contributed by atoms with Gasteiger partial charge in [-0.1, -0.05) is 18.2 Å². The molecule has 0 aromatic rings. The molecule has 0 saturated heterocycles. The van der Waals surface area contributed by atoms with Crippen LogP contribution in [0.4, 0.5) is 0 Å². The molecule has 0 amide bonds. The van der Waals surface area contributed by atoms with Crippen LogP contribution in [0.3, 0.4) is 0 Å². The molecule has 16 heavy (non-hydrogen) atoms. The lowest BCUT2D eigenvalue weighted by Crippen LogP contribution is -2.30. The molecule has 3 heterocycles. The van der Waals surface area contributed by atoms with Crippen molar-refractivity contribution in [2.45, 2.75) is 25.7 Å². The van der Waals surface area contributed by atoms with Gasteiger partial charge in [0, 0.05) is 24.8 Å². The summed E-state index contributed by atoms with van der Waals surface area (Å²) in [5.41, 5.74) is 6.97. The smallest absolute Gasteiger partial charge is 0.202 e. The molecule has 80 valence electrons. The van der Waals surface area contributed by atoms with Crippen molar-refractivity contribution in [2.75, 3.05) is 13.1 Å². The molecule has 0 saturated carbocycles. The molecule has 0 unspecified atom stereocenters. The van der Waals surface area contributed by atoms with Crippen LogP contribution in [0, 0.1) is 0 Å². The Bertz CT molecular complexity index is 527. The lowest BCUT2D eigenvalue weighted by Gasteiger charge is -2.12. The quantitative estimate of drug-likeness (QED) is 0.546. The molecule has 0 aromatic heterocycles. The number of hydrogen-bond acceptors (Lipinski definition) is 1. The molecular formula is C14H15N2+. The maximum atomic E-state index is 4.85. The van der Waals surface area contributed by atoms with Gasteiger partial charge in [-0.25, -0.2) is 9.57 Å². The molecule has 0 N–H and O–H groups in total. The van der Waals surface area contributed by atoms with Crippen molar-refractivity contribution in [3.05, 3.63) is 35.1 Å². The second-order valence-corrected chi connectivity index (χ2v) is 4.87. The van der Waals surface area contributed by atoms with E-state index in [1.807, 2.05) is 0 Å². The summed E-state index contributed by atoms with van der Waals surface area (Å²) in [7, 11) is 0. The molecular weight excluding hydrogens is 196 g/mol. The average Bonchev–Trinajstić information content (AvgIpc) is 2.92. The lowest BCUT2D eigenvalue weighted by molar-refractivity contribution is -0.519. The molecule has 4 rings (SSSR count). The molecule has 0 atom stereocenters. The summed E-state index contributed by atoms with van der Waals surface area (Å²) < 4.78 is 2.53. The fraction of sp³-hybridized carbons (Fsp3) is 0.429. The van der Waals surface area contributed by atoms with E-state index in [0.29, 0.717) is 0 Å². The van der Waals surface area contributed by atoms with Gasteiger partial charge in [0.05, 0.1) is 5.70 Å². The maximum Gasteiger partial charge on any atom is 0.202 e. The molecule has 0 spiro atoms. The van der Waals surface area contributed by atoms with Crippen molar-refractivity contribution in [1.82, 2.24) is 0 Å². The Labute approximate surface area is 95.4 Å². The van der Waals surface area contributed by atoms with Gasteiger partial charge in [0.2, 0.25) is 5.71 Å². The minimum Gasteiger partial charge on any atom is -0.242 e. The Morgan fingerprint density at radius 1 is 1.19 bits per heavy atom. The lowest BCUT2D eigenvalue weighted by atomic mass is 9.93. The Hall–Kier alpha value is -1.44. The second kappa shape index (κ2) is 3.03. The standard InChI is InChI=1S/C14H15N2/c1-2-5-12-10(4-1)11-7-9-16-8-3-6-13(16)14(11)15-12/h1,4-5H,2-3,6-9H2/q+1. The predicted molar refractivity (Wildman–Crippen MR) is 65.2 cm³/mol. The minimum absolute atomic E-state index is 1.04. The van der Waals surface area contributed by atoms with Gasteiger partial charge in [-0.3, -0.25) is 0 Å². The first-order valence-electron chi connectivity index (χ1n) is 6.24. The van der Waals surface area contributed by atoms with E-state index in [-0.39, 0.29) is 0 Å². The third-order valence-corrected chi connectivity index (χ3v) is 3.98. The SMILES string of the molecule is C1=CC2=C3CC[N+]4=C(CCC4)C3=NC2=CC1. The molecule has 0 bridgehead atoms. The molecule has 2 nitrogen and oxygen atoms in total. The van der Waals surface area contributed by atoms with Crippen molar-refractivity contribution in [1.29, 1.82) is 0 Å². The molecule has 0 aromatic carbocycles. The van der Waals surface area contributed by atoms with Crippen molar-refractivity contribution in [2.24, 2.45) is 4.99 Å². The average molecular weight is 211 g/mol. The third kappa shape index (κ3) is 1.02. The molecule has 4 aliphatic rings. The van der Waals surface area contributed by atoms with Gasteiger partial charge in [-0.05, 0) is 12.0 Å². The normalized spacial score (nSPS) is 26.5. The highest BCUT2D eigenvalue weighted by Crippen LogP contribution is 2.34. The largest absolute Gasteiger partial charge is 0.242 e. The van der Waals surface area contributed by atoms with Crippen LogP contribution < -0.4 is 0 Å². The monoisotopic (exact) mass is 211 g/mol. The first kappa shape index (κ1) is 8.68. The van der Waals surface area contributed by atoms with Crippen LogP contribution >= 0.6 is 0 Å². The summed E-state index contributed by atoms with van der Waals surface area (Å²) in [6, 6.07) is 0. The van der Waals surface area contributed by atoms with Gasteiger partial charge in [-0.2, -0.15) is 0 Å². The van der Waals surface area contributed by atoms with Crippen molar-refractivity contribution < 1.29 is 4.58 Å². The first-order chi connectivity index (χ1) is 7.93. The topological polar surface area (TPSA) is 15.4 Å². The number of rotatable bonds is 0. The summed E-state index contributed by atoms with van der Waals surface area (Å²) in [6.07, 6.45) is 11.5. The van der Waals surface area contributed by atoms with Gasteiger partial charge >= 0.3 is 0 Å². The highest BCUT2D eigenvalue weighted by molar-refractivity contribution is 6.48. The number of allylic oxidation sites excluding steroid dienone is 3. The number of fused-ring (bicyclic) bond motifs is 3. The Morgan fingerprint density at radius 3 is 3.19 bits per heavy atom. The third-order valence-electron chi connectivity index (χ3n) is 3.98. The Morgan fingerprint density at radius 2 is 2.19 bits per heavy atom. The van der Waals surface area contributed by atoms with Gasteiger partial charge in [0.15, 0.2) is 0 Å². The zero-order valence-corrected chi connectivity index (χ0v) is 9.37. The molecule has 3 aliphatic heterocycles. The zero-order chi connectivity index (χ0) is 10.5. The van der Waals surface area contributed by atoms with E-state index >= 15 is 0 Å². The van der Waals surface area contributed by atoms with Crippen LogP contribution in [0.5, 0.6) is 0 Å². The molecule has 2 heteroatoms. The molecule has 1 aliphatic carbocycles. The highest BCUT2D eigenvalue weighted by atomic mass is 15.1. The highest BCUT2D eigenvalue weighted by Gasteiger charge is 2.37. The Kier molecular flexibility index (Phi) is 1.65. The number of nitrogens with zero attached hydrogens (tertiary/aromatic N) is 2. The zero-order valence-electron chi connectivity index (χ0n) is 9.37. The summed E-state index contributed by atoms with van der Waals surface area (Å²) >= 11 is 0. The fourth-order valence-corrected chi connectivity index (χ4v) is 3.22. The van der Waals surface area contributed by atoms with Crippen LogP contribution in [0.2, 0.25) is 0 Å². The second-order valence-electron chi connectivity index (χ2n) is 4.87. The van der Waals surface area contributed by atoms with Gasteiger partial charge in [-0.15, -0.1) is 0 Å². The van der Waals surface area contributed by atoms with Crippen LogP contribution in [-0.4, -0.2) is 29.1 Å². The van der Waals surface area contributed by atoms with Crippen molar-refractivity contribution in [3.8, 4) is 0 Å². The maximum absolute atomic E-state index is 4.85. The summed E-state index contributed by atoms with van der Waals surface area (Å²) in [6.45, 7) is 2.44. The van der Waals surface area contributed by atoms with Crippen LogP contribution in [-0.2, 0) is 0 Å². The van der Waals surface area contributed by atoms with Gasteiger partial charge < -0.3 is 0 Å². The van der Waals surface area contributed by atoms with E-state index in [9.17, 15) is 0 Å². The van der Waals surface area contributed by atoms with Crippen molar-refractivity contribution in [3.63, 3.8) is 0 Å². The minimum atomic E-state index is 1.04. The number of hydrogen-bond donors (Lipinski definition) is 0. The number of aliphatic imine (C=N–C) groups is 1. The summed E-state index contributed by atoms with van der Waals surface area (Å²) in [5, 5.41) is 0. The van der Waals surface area contributed by atoms with Crippen LogP contribution in [0.1, 0.15) is 25.7 Å². The van der Waals surface area contributed by atoms with E-state index in [1.54, 1.807) is 0 Å². The Balaban J connectivity index is 1.91. The van der Waals surface area contributed by atoms with Gasteiger partial charge in [0.25, 0.3) is 0 Å². The fourth-order valence-electron chi connectivity index (χ4n) is 3.22. The van der Waals surface area contributed by atoms with Crippen molar-refractivity contribution >= 4 is 11.4 Å².